The van der Waals surface area contributed by atoms with Gasteiger partial charge < -0.3 is 20.9 Å². The van der Waals surface area contributed by atoms with Crippen LogP contribution in [0.2, 0.25) is 0 Å². The smallest absolute Gasteiger partial charge is 0.174 e. The number of Topliss-reactive ketones (excluding diaryl/α,β-unsaturated/α-hetero) is 1. The van der Waals surface area contributed by atoms with Crippen LogP contribution < -0.4 is 11.1 Å². The molecule has 1 saturated carbocycles. The summed E-state index contributed by atoms with van der Waals surface area (Å²) in [7, 11) is 0. The Morgan fingerprint density at radius 2 is 1.94 bits per heavy atom. The Morgan fingerprint density at radius 1 is 1.21 bits per heavy atom. The quantitative estimate of drug-likeness (QED) is 0.269. The van der Waals surface area contributed by atoms with E-state index in [2.05, 4.69) is 11.9 Å². The van der Waals surface area contributed by atoms with Gasteiger partial charge in [0.2, 0.25) is 0 Å². The number of nitrogens with one attached hydrogen (secondary N) is 1. The van der Waals surface area contributed by atoms with Gasteiger partial charge in [0.05, 0.1) is 6.61 Å². The fourth-order valence-corrected chi connectivity index (χ4v) is 3.51. The minimum Gasteiger partial charge on any atom is -0.387 e. The Morgan fingerprint density at radius 3 is 2.55 bits per heavy atom. The molecule has 3 rings (SSSR count). The highest BCUT2D eigenvalue weighted by atomic mass is 19.0. The van der Waals surface area contributed by atoms with E-state index in [4.69, 9.17) is 10.5 Å². The average Bonchev–Trinajstić information content (AvgIpc) is 3.35. The summed E-state index contributed by atoms with van der Waals surface area (Å²) in [4.78, 5) is 12.0. The number of carbonyl (C=O) groups is 1. The molecule has 1 aliphatic heterocycles. The third-order valence-corrected chi connectivity index (χ3v) is 5.39. The van der Waals surface area contributed by atoms with Crippen molar-refractivity contribution in [1.82, 2.24) is 5.32 Å². The number of hydrogen-bond acceptors (Lipinski definition) is 5. The zero-order chi connectivity index (χ0) is 23.0. The molecule has 6 heteroatoms. The van der Waals surface area contributed by atoms with E-state index in [9.17, 15) is 9.90 Å². The maximum atomic E-state index is 12.0. The average molecular weight is 457 g/mol. The van der Waals surface area contributed by atoms with Gasteiger partial charge in [-0.3, -0.25) is 9.50 Å². The maximum absolute atomic E-state index is 12.0. The lowest BCUT2D eigenvalue weighted by Gasteiger charge is -2.12. The van der Waals surface area contributed by atoms with Crippen LogP contribution in [0.25, 0.3) is 0 Å². The molecule has 0 amide bonds. The van der Waals surface area contributed by atoms with Crippen molar-refractivity contribution in [3.8, 4) is 0 Å². The van der Waals surface area contributed by atoms with Crippen molar-refractivity contribution in [3.05, 3.63) is 96.3 Å². The molecule has 0 radical (unpaired) electrons. The molecule has 180 valence electrons. The number of aliphatic hydroxyl groups excluding tert-OH is 1. The van der Waals surface area contributed by atoms with E-state index in [1.54, 1.807) is 24.3 Å². The molecule has 5 nitrogen and oxygen atoms in total. The molecule has 33 heavy (non-hydrogen) atoms. The number of ether oxygens (including phenoxy) is 1. The molecule has 0 spiro atoms. The van der Waals surface area contributed by atoms with Gasteiger partial charge in [-0.1, -0.05) is 74.1 Å². The van der Waals surface area contributed by atoms with Gasteiger partial charge in [-0.25, -0.2) is 0 Å². The summed E-state index contributed by atoms with van der Waals surface area (Å²) in [5.74, 6) is 0.795. The van der Waals surface area contributed by atoms with E-state index in [1.165, 1.54) is 25.7 Å². The molecule has 1 aromatic carbocycles. The van der Waals surface area contributed by atoms with Gasteiger partial charge in [-0.05, 0) is 48.2 Å². The second-order valence-corrected chi connectivity index (χ2v) is 7.90. The number of allylic oxidation sites excluding steroid dienone is 6. The summed E-state index contributed by atoms with van der Waals surface area (Å²) in [5, 5.41) is 12.5. The molecule has 0 aromatic heterocycles. The van der Waals surface area contributed by atoms with Crippen LogP contribution in [0.15, 0.2) is 85.1 Å². The minimum absolute atomic E-state index is 0. The Balaban J connectivity index is 0.000000323. The Bertz CT molecular complexity index is 822. The SMILES string of the molecule is C=C/C=C\C=C\C(O)OCC1CCCC1.F.NCc1ccc(C(=O)CC2=CCNC=C2)cc1. The largest absolute Gasteiger partial charge is 0.387 e. The molecular weight excluding hydrogens is 419 g/mol. The molecule has 1 fully saturated rings. The highest BCUT2D eigenvalue weighted by Gasteiger charge is 2.15. The number of dihydropyridines is 1. The van der Waals surface area contributed by atoms with E-state index in [1.807, 2.05) is 48.7 Å². The van der Waals surface area contributed by atoms with Crippen molar-refractivity contribution in [3.63, 3.8) is 0 Å². The number of carbonyl (C=O) groups excluding carboxylic acids is 1. The highest BCUT2D eigenvalue weighted by molar-refractivity contribution is 5.97. The van der Waals surface area contributed by atoms with Gasteiger partial charge in [-0.2, -0.15) is 0 Å². The summed E-state index contributed by atoms with van der Waals surface area (Å²) in [6, 6.07) is 7.49. The van der Waals surface area contributed by atoms with Crippen molar-refractivity contribution < 1.29 is 19.3 Å². The fraction of sp³-hybridized carbons (Fsp3) is 0.370. The second kappa shape index (κ2) is 16.8. The number of rotatable bonds is 10. The van der Waals surface area contributed by atoms with E-state index in [-0.39, 0.29) is 10.5 Å². The Kier molecular flexibility index (Phi) is 14.4. The first kappa shape index (κ1) is 28.2. The van der Waals surface area contributed by atoms with E-state index >= 15 is 0 Å². The maximum Gasteiger partial charge on any atom is 0.174 e. The summed E-state index contributed by atoms with van der Waals surface area (Å²) in [6.07, 6.45) is 19.3. The molecule has 1 heterocycles. The van der Waals surface area contributed by atoms with Crippen LogP contribution in [0.1, 0.15) is 48.0 Å². The monoisotopic (exact) mass is 456 g/mol. The van der Waals surface area contributed by atoms with Crippen LogP contribution >= 0.6 is 0 Å². The first-order valence-corrected chi connectivity index (χ1v) is 11.3. The fourth-order valence-electron chi connectivity index (χ4n) is 3.51. The normalized spacial score (nSPS) is 16.5. The van der Waals surface area contributed by atoms with Crippen molar-refractivity contribution >= 4 is 5.78 Å². The van der Waals surface area contributed by atoms with Crippen LogP contribution in [0.3, 0.4) is 0 Å². The molecule has 2 aliphatic rings. The van der Waals surface area contributed by atoms with Crippen LogP contribution in [0, 0.1) is 5.92 Å². The van der Waals surface area contributed by atoms with Crippen molar-refractivity contribution in [2.24, 2.45) is 11.7 Å². The third-order valence-electron chi connectivity index (χ3n) is 5.39. The summed E-state index contributed by atoms with van der Waals surface area (Å²) in [6.45, 7) is 5.53. The molecule has 1 aliphatic carbocycles. The van der Waals surface area contributed by atoms with Gasteiger partial charge in [-0.15, -0.1) is 0 Å². The summed E-state index contributed by atoms with van der Waals surface area (Å²) in [5.41, 5.74) is 8.37. The number of nitrogens with two attached hydrogens (primary N) is 1. The van der Waals surface area contributed by atoms with Crippen molar-refractivity contribution in [2.75, 3.05) is 13.2 Å². The van der Waals surface area contributed by atoms with Crippen molar-refractivity contribution in [2.45, 2.75) is 44.9 Å². The van der Waals surface area contributed by atoms with E-state index in [0.717, 1.165) is 23.2 Å². The Hall–Kier alpha value is -2.80. The standard InChI is InChI=1S/C14H16N2O.C13H20O2.FH/c15-10-12-1-3-13(4-2-12)14(17)9-11-5-7-16-8-6-11;1-2-3-4-5-10-13(14)15-11-12-8-6-7-9-12;/h1-7,16H,8-10,15H2;2-5,10,12-14H,1,6-9,11H2;1H/b;4-3-,10-5+;. The lowest BCUT2D eigenvalue weighted by Crippen LogP contribution is -2.14. The molecule has 0 bridgehead atoms. The predicted octanol–water partition coefficient (Wildman–Crippen LogP) is 4.72. The number of benzene rings is 1. The first-order chi connectivity index (χ1) is 15.6. The van der Waals surface area contributed by atoms with E-state index in [0.29, 0.717) is 25.5 Å². The van der Waals surface area contributed by atoms with Gasteiger partial charge >= 0.3 is 0 Å². The number of hydrogen-bond donors (Lipinski definition) is 3. The van der Waals surface area contributed by atoms with Crippen molar-refractivity contribution in [1.29, 1.82) is 0 Å². The number of ketones is 1. The third kappa shape index (κ3) is 11.6. The first-order valence-electron chi connectivity index (χ1n) is 11.3. The molecule has 0 saturated heterocycles. The zero-order valence-electron chi connectivity index (χ0n) is 19.2. The van der Waals surface area contributed by atoms with Crippen LogP contribution in [0.5, 0.6) is 0 Å². The topological polar surface area (TPSA) is 84.6 Å². The lowest BCUT2D eigenvalue weighted by atomic mass is 10.0. The van der Waals surface area contributed by atoms with E-state index < -0.39 is 6.29 Å². The molecule has 4 N–H and O–H groups in total. The van der Waals surface area contributed by atoms with Gasteiger partial charge in [0.15, 0.2) is 12.1 Å². The number of halogens is 1. The van der Waals surface area contributed by atoms with Gasteiger partial charge in [0.25, 0.3) is 0 Å². The lowest BCUT2D eigenvalue weighted by molar-refractivity contribution is -0.0756. The predicted molar refractivity (Wildman–Crippen MR) is 133 cm³/mol. The second-order valence-electron chi connectivity index (χ2n) is 7.90. The molecule has 1 unspecified atom stereocenters. The summed E-state index contributed by atoms with van der Waals surface area (Å²) >= 11 is 0. The van der Waals surface area contributed by atoms with Gasteiger partial charge in [0, 0.05) is 25.1 Å². The summed E-state index contributed by atoms with van der Waals surface area (Å²) < 4.78 is 5.32. The number of aliphatic hydroxyl groups is 1. The molecule has 1 atom stereocenters. The highest BCUT2D eigenvalue weighted by Crippen LogP contribution is 2.24. The van der Waals surface area contributed by atoms with Gasteiger partial charge in [0.1, 0.15) is 0 Å². The Labute approximate surface area is 196 Å². The molecule has 1 aromatic rings. The molecular formula is C27H37FN2O3. The van der Waals surface area contributed by atoms with Crippen LogP contribution in [-0.2, 0) is 11.3 Å². The van der Waals surface area contributed by atoms with Crippen LogP contribution in [0.4, 0.5) is 4.70 Å². The van der Waals surface area contributed by atoms with Crippen LogP contribution in [-0.4, -0.2) is 30.3 Å². The zero-order valence-corrected chi connectivity index (χ0v) is 19.2. The minimum atomic E-state index is -0.778.